The maximum absolute atomic E-state index is 12.3. The molecular weight excluding hydrogens is 338 g/mol. The molecule has 0 bridgehead atoms. The van der Waals surface area contributed by atoms with Crippen molar-refractivity contribution >= 4 is 11.6 Å². The fourth-order valence-electron chi connectivity index (χ4n) is 2.79. The van der Waals surface area contributed by atoms with Gasteiger partial charge < -0.3 is 10.2 Å². The Morgan fingerprint density at radius 2 is 1.93 bits per heavy atom. The minimum atomic E-state index is -0.173. The molecule has 3 rings (SSSR count). The summed E-state index contributed by atoms with van der Waals surface area (Å²) in [6.07, 6.45) is 6.48. The number of rotatable bonds is 7. The molecule has 0 aliphatic rings. The molecule has 0 radical (unpaired) electrons. The van der Waals surface area contributed by atoms with E-state index >= 15 is 0 Å². The molecule has 1 aromatic carbocycles. The lowest BCUT2D eigenvalue weighted by atomic mass is 10.2. The minimum Gasteiger partial charge on any atom is -0.370 e. The summed E-state index contributed by atoms with van der Waals surface area (Å²) < 4.78 is 0. The fraction of sp³-hybridized carbons (Fsp3) is 0.238. The Morgan fingerprint density at radius 3 is 2.59 bits per heavy atom. The van der Waals surface area contributed by atoms with E-state index in [2.05, 4.69) is 57.2 Å². The van der Waals surface area contributed by atoms with Gasteiger partial charge in [0.2, 0.25) is 0 Å². The molecule has 1 N–H and O–H groups in total. The van der Waals surface area contributed by atoms with Gasteiger partial charge in [0.15, 0.2) is 5.82 Å². The molecule has 0 spiro atoms. The van der Waals surface area contributed by atoms with Gasteiger partial charge in [-0.15, -0.1) is 0 Å². The predicted molar refractivity (Wildman–Crippen MR) is 107 cm³/mol. The topological polar surface area (TPSA) is 71.0 Å². The van der Waals surface area contributed by atoms with Crippen LogP contribution in [0.3, 0.4) is 0 Å². The summed E-state index contributed by atoms with van der Waals surface area (Å²) >= 11 is 0. The summed E-state index contributed by atoms with van der Waals surface area (Å²) in [6.45, 7) is 6.34. The second kappa shape index (κ2) is 8.89. The number of nitrogens with zero attached hydrogens (tertiary/aromatic N) is 4. The number of benzene rings is 1. The number of carbonyl (C=O) groups is 1. The number of pyridine rings is 1. The lowest BCUT2D eigenvalue weighted by Crippen LogP contribution is -2.35. The lowest BCUT2D eigenvalue weighted by molar-refractivity contribution is 0.0954. The molecule has 2 heterocycles. The van der Waals surface area contributed by atoms with Gasteiger partial charge in [-0.25, -0.2) is 9.97 Å². The third kappa shape index (κ3) is 4.88. The van der Waals surface area contributed by atoms with Gasteiger partial charge in [0.05, 0.1) is 5.56 Å². The number of hydrogen-bond acceptors (Lipinski definition) is 5. The largest absolute Gasteiger partial charge is 0.370 e. The van der Waals surface area contributed by atoms with E-state index in [1.54, 1.807) is 24.8 Å². The quantitative estimate of drug-likeness (QED) is 0.700. The van der Waals surface area contributed by atoms with Crippen molar-refractivity contribution in [3.8, 4) is 11.4 Å². The van der Waals surface area contributed by atoms with E-state index in [-0.39, 0.29) is 5.91 Å². The first kappa shape index (κ1) is 18.5. The lowest BCUT2D eigenvalue weighted by Gasteiger charge is -2.23. The van der Waals surface area contributed by atoms with Gasteiger partial charge in [-0.1, -0.05) is 12.1 Å². The molecular formula is C21H23N5O. The SMILES string of the molecule is CCN(CCNC(=O)c1cnc(-c2cccnc2)nc1)c1cccc(C)c1. The molecule has 6 heteroatoms. The smallest absolute Gasteiger partial charge is 0.254 e. The molecule has 2 aromatic heterocycles. The normalized spacial score (nSPS) is 10.4. The molecule has 138 valence electrons. The first-order valence-corrected chi connectivity index (χ1v) is 8.99. The first-order valence-electron chi connectivity index (χ1n) is 8.99. The van der Waals surface area contributed by atoms with E-state index in [0.29, 0.717) is 17.9 Å². The van der Waals surface area contributed by atoms with Gasteiger partial charge in [0.25, 0.3) is 5.91 Å². The molecule has 0 aliphatic carbocycles. The van der Waals surface area contributed by atoms with Crippen LogP contribution in [0.1, 0.15) is 22.8 Å². The average Bonchev–Trinajstić information content (AvgIpc) is 2.72. The van der Waals surface area contributed by atoms with E-state index in [4.69, 9.17) is 0 Å². The Morgan fingerprint density at radius 1 is 1.11 bits per heavy atom. The number of likely N-dealkylation sites (N-methyl/N-ethyl adjacent to an activating group) is 1. The highest BCUT2D eigenvalue weighted by atomic mass is 16.1. The van der Waals surface area contributed by atoms with Crippen molar-refractivity contribution in [1.82, 2.24) is 20.3 Å². The zero-order chi connectivity index (χ0) is 19.1. The summed E-state index contributed by atoms with van der Waals surface area (Å²) in [6, 6.07) is 12.1. The predicted octanol–water partition coefficient (Wildman–Crippen LogP) is 3.10. The average molecular weight is 361 g/mol. The van der Waals surface area contributed by atoms with Crippen molar-refractivity contribution in [2.24, 2.45) is 0 Å². The van der Waals surface area contributed by atoms with E-state index in [0.717, 1.165) is 24.3 Å². The van der Waals surface area contributed by atoms with Gasteiger partial charge in [-0.05, 0) is 43.7 Å². The summed E-state index contributed by atoms with van der Waals surface area (Å²) in [5.74, 6) is 0.379. The van der Waals surface area contributed by atoms with Gasteiger partial charge in [0.1, 0.15) is 0 Å². The Bertz CT molecular complexity index is 881. The third-order valence-electron chi connectivity index (χ3n) is 4.25. The number of aryl methyl sites for hydroxylation is 1. The standard InChI is InChI=1S/C21H23N5O/c1-3-26(19-8-4-6-16(2)12-19)11-10-23-21(27)18-14-24-20(25-15-18)17-7-5-9-22-13-17/h4-9,12-15H,3,10-11H2,1-2H3,(H,23,27). The molecule has 27 heavy (non-hydrogen) atoms. The molecule has 0 fully saturated rings. The molecule has 0 saturated heterocycles. The number of hydrogen-bond donors (Lipinski definition) is 1. The van der Waals surface area contributed by atoms with Gasteiger partial charge in [-0.3, -0.25) is 9.78 Å². The van der Waals surface area contributed by atoms with Crippen LogP contribution in [0.25, 0.3) is 11.4 Å². The molecule has 3 aromatic rings. The number of aromatic nitrogens is 3. The highest BCUT2D eigenvalue weighted by Gasteiger charge is 2.09. The highest BCUT2D eigenvalue weighted by Crippen LogP contribution is 2.15. The number of carbonyl (C=O) groups excluding carboxylic acids is 1. The monoisotopic (exact) mass is 361 g/mol. The van der Waals surface area contributed by atoms with Crippen LogP contribution in [-0.2, 0) is 0 Å². The maximum Gasteiger partial charge on any atom is 0.254 e. The second-order valence-corrected chi connectivity index (χ2v) is 6.21. The van der Waals surface area contributed by atoms with Gasteiger partial charge in [-0.2, -0.15) is 0 Å². The summed E-state index contributed by atoms with van der Waals surface area (Å²) in [4.78, 5) is 27.1. The summed E-state index contributed by atoms with van der Waals surface area (Å²) in [5, 5.41) is 2.93. The molecule has 0 atom stereocenters. The van der Waals surface area contributed by atoms with E-state index in [9.17, 15) is 4.79 Å². The van der Waals surface area contributed by atoms with Crippen LogP contribution in [0.2, 0.25) is 0 Å². The van der Waals surface area contributed by atoms with Crippen LogP contribution in [-0.4, -0.2) is 40.5 Å². The molecule has 0 aliphatic heterocycles. The third-order valence-corrected chi connectivity index (χ3v) is 4.25. The zero-order valence-corrected chi connectivity index (χ0v) is 15.6. The summed E-state index contributed by atoms with van der Waals surface area (Å²) in [7, 11) is 0. The van der Waals surface area contributed by atoms with Crippen LogP contribution in [0, 0.1) is 6.92 Å². The maximum atomic E-state index is 12.3. The van der Waals surface area contributed by atoms with Gasteiger partial charge in [0, 0.05) is 55.7 Å². The van der Waals surface area contributed by atoms with Crippen molar-refractivity contribution in [2.75, 3.05) is 24.5 Å². The minimum absolute atomic E-state index is 0.173. The first-order chi connectivity index (χ1) is 13.2. The number of amides is 1. The Labute approximate surface area is 159 Å². The van der Waals surface area contributed by atoms with E-state index < -0.39 is 0 Å². The Kier molecular flexibility index (Phi) is 6.10. The van der Waals surface area contributed by atoms with Crippen LogP contribution >= 0.6 is 0 Å². The molecule has 0 saturated carbocycles. The van der Waals surface area contributed by atoms with Gasteiger partial charge >= 0.3 is 0 Å². The fourth-order valence-corrected chi connectivity index (χ4v) is 2.79. The van der Waals surface area contributed by atoms with Crippen molar-refractivity contribution in [3.05, 3.63) is 72.3 Å². The molecule has 6 nitrogen and oxygen atoms in total. The van der Waals surface area contributed by atoms with Crippen LogP contribution in [0.5, 0.6) is 0 Å². The van der Waals surface area contributed by atoms with E-state index in [1.165, 1.54) is 5.56 Å². The number of anilines is 1. The Balaban J connectivity index is 1.56. The zero-order valence-electron chi connectivity index (χ0n) is 15.6. The summed E-state index contributed by atoms with van der Waals surface area (Å²) in [5.41, 5.74) is 3.65. The van der Waals surface area contributed by atoms with Crippen molar-refractivity contribution in [3.63, 3.8) is 0 Å². The van der Waals surface area contributed by atoms with Crippen LogP contribution < -0.4 is 10.2 Å². The molecule has 0 unspecified atom stereocenters. The molecule has 1 amide bonds. The van der Waals surface area contributed by atoms with Crippen LogP contribution in [0.15, 0.2) is 61.2 Å². The van der Waals surface area contributed by atoms with Crippen molar-refractivity contribution < 1.29 is 4.79 Å². The van der Waals surface area contributed by atoms with Crippen LogP contribution in [0.4, 0.5) is 5.69 Å². The van der Waals surface area contributed by atoms with Crippen molar-refractivity contribution in [1.29, 1.82) is 0 Å². The highest BCUT2D eigenvalue weighted by molar-refractivity contribution is 5.93. The van der Waals surface area contributed by atoms with E-state index in [1.807, 2.05) is 18.2 Å². The second-order valence-electron chi connectivity index (χ2n) is 6.21. The Hall–Kier alpha value is -3.28. The van der Waals surface area contributed by atoms with Crippen molar-refractivity contribution in [2.45, 2.75) is 13.8 Å². The number of nitrogens with one attached hydrogen (secondary N) is 1.